The van der Waals surface area contributed by atoms with E-state index in [0.29, 0.717) is 24.2 Å². The Kier molecular flexibility index (Phi) is 4.82. The lowest BCUT2D eigenvalue weighted by atomic mass is 9.97. The van der Waals surface area contributed by atoms with Gasteiger partial charge in [-0.15, -0.1) is 0 Å². The molecule has 1 aliphatic rings. The number of benzene rings is 1. The van der Waals surface area contributed by atoms with Gasteiger partial charge in [0, 0.05) is 24.1 Å². The summed E-state index contributed by atoms with van der Waals surface area (Å²) < 4.78 is 6.10. The summed E-state index contributed by atoms with van der Waals surface area (Å²) in [7, 11) is 0. The van der Waals surface area contributed by atoms with E-state index < -0.39 is 5.60 Å². The number of ether oxygens (including phenoxy) is 1. The third-order valence-corrected chi connectivity index (χ3v) is 4.44. The van der Waals surface area contributed by atoms with Crippen molar-refractivity contribution < 1.29 is 9.53 Å². The molecule has 6 heteroatoms. The van der Waals surface area contributed by atoms with Crippen molar-refractivity contribution in [3.8, 4) is 11.3 Å². The molecule has 0 unspecified atom stereocenters. The lowest BCUT2D eigenvalue weighted by Crippen LogP contribution is -2.40. The standard InChI is InChI=1S/C19H22BrN3O2/c1-12-7-5-6-8-13(12)16-14-11-23(18(24)25-19(2,3)4)10-9-15(14)21-17(20)22-16/h5-8H,9-11H2,1-4H3. The van der Waals surface area contributed by atoms with Gasteiger partial charge in [-0.3, -0.25) is 0 Å². The molecule has 2 aromatic rings. The van der Waals surface area contributed by atoms with Gasteiger partial charge in [0.25, 0.3) is 0 Å². The van der Waals surface area contributed by atoms with Crippen molar-refractivity contribution in [1.82, 2.24) is 14.9 Å². The summed E-state index contributed by atoms with van der Waals surface area (Å²) in [4.78, 5) is 23.3. The first-order valence-corrected chi connectivity index (χ1v) is 9.13. The summed E-state index contributed by atoms with van der Waals surface area (Å²) in [6, 6.07) is 8.12. The Morgan fingerprint density at radius 2 is 1.96 bits per heavy atom. The van der Waals surface area contributed by atoms with E-state index in [0.717, 1.165) is 28.1 Å². The Bertz CT molecular complexity index is 815. The molecule has 0 saturated carbocycles. The molecule has 1 amide bonds. The van der Waals surface area contributed by atoms with E-state index in [1.165, 1.54) is 0 Å². The predicted molar refractivity (Wildman–Crippen MR) is 100 cm³/mol. The zero-order chi connectivity index (χ0) is 18.2. The molecule has 1 aliphatic heterocycles. The highest BCUT2D eigenvalue weighted by Gasteiger charge is 2.29. The van der Waals surface area contributed by atoms with Crippen molar-refractivity contribution in [3.05, 3.63) is 45.8 Å². The molecule has 0 bridgehead atoms. The Balaban J connectivity index is 1.99. The number of fused-ring (bicyclic) bond motifs is 1. The van der Waals surface area contributed by atoms with E-state index in [9.17, 15) is 4.79 Å². The van der Waals surface area contributed by atoms with Crippen LogP contribution in [0.4, 0.5) is 4.79 Å². The lowest BCUT2D eigenvalue weighted by Gasteiger charge is -2.31. The third kappa shape index (κ3) is 4.00. The van der Waals surface area contributed by atoms with Crippen LogP contribution in [0.2, 0.25) is 0 Å². The smallest absolute Gasteiger partial charge is 0.410 e. The van der Waals surface area contributed by atoms with Crippen LogP contribution in [0, 0.1) is 6.92 Å². The van der Waals surface area contributed by atoms with Crippen molar-refractivity contribution in [1.29, 1.82) is 0 Å². The van der Waals surface area contributed by atoms with Gasteiger partial charge in [0.1, 0.15) is 5.60 Å². The van der Waals surface area contributed by atoms with Crippen LogP contribution in [0.25, 0.3) is 11.3 Å². The van der Waals surface area contributed by atoms with Gasteiger partial charge in [0.15, 0.2) is 4.73 Å². The molecule has 25 heavy (non-hydrogen) atoms. The molecule has 0 fully saturated rings. The number of hydrogen-bond acceptors (Lipinski definition) is 4. The van der Waals surface area contributed by atoms with Crippen molar-refractivity contribution >= 4 is 22.0 Å². The first-order chi connectivity index (χ1) is 11.7. The summed E-state index contributed by atoms with van der Waals surface area (Å²) in [5.41, 5.74) is 4.56. The van der Waals surface area contributed by atoms with Crippen LogP contribution < -0.4 is 0 Å². The van der Waals surface area contributed by atoms with Crippen molar-refractivity contribution in [2.24, 2.45) is 0 Å². The maximum atomic E-state index is 12.5. The van der Waals surface area contributed by atoms with Crippen LogP contribution in [0.5, 0.6) is 0 Å². The van der Waals surface area contributed by atoms with Gasteiger partial charge in [-0.2, -0.15) is 0 Å². The van der Waals surface area contributed by atoms with E-state index in [2.05, 4.69) is 45.0 Å². The highest BCUT2D eigenvalue weighted by molar-refractivity contribution is 9.10. The molecule has 1 aromatic heterocycles. The van der Waals surface area contributed by atoms with Crippen LogP contribution >= 0.6 is 15.9 Å². The number of carbonyl (C=O) groups excluding carboxylic acids is 1. The van der Waals surface area contributed by atoms with Crippen molar-refractivity contribution in [2.45, 2.75) is 46.3 Å². The monoisotopic (exact) mass is 403 g/mol. The molecular formula is C19H22BrN3O2. The average molecular weight is 404 g/mol. The number of hydrogen-bond donors (Lipinski definition) is 0. The Labute approximate surface area is 156 Å². The summed E-state index contributed by atoms with van der Waals surface area (Å²) in [6.07, 6.45) is 0.394. The minimum atomic E-state index is -0.508. The summed E-state index contributed by atoms with van der Waals surface area (Å²) >= 11 is 3.42. The molecule has 0 radical (unpaired) electrons. The summed E-state index contributed by atoms with van der Waals surface area (Å²) in [6.45, 7) is 8.75. The van der Waals surface area contributed by atoms with Gasteiger partial charge in [-0.1, -0.05) is 24.3 Å². The Hall–Kier alpha value is -1.95. The number of aromatic nitrogens is 2. The van der Waals surface area contributed by atoms with Crippen LogP contribution in [0.15, 0.2) is 29.0 Å². The van der Waals surface area contributed by atoms with Crippen LogP contribution in [-0.4, -0.2) is 33.1 Å². The van der Waals surface area contributed by atoms with E-state index >= 15 is 0 Å². The van der Waals surface area contributed by atoms with Gasteiger partial charge in [0.05, 0.1) is 17.9 Å². The maximum Gasteiger partial charge on any atom is 0.410 e. The average Bonchev–Trinajstić information content (AvgIpc) is 2.52. The molecule has 3 rings (SSSR count). The first kappa shape index (κ1) is 17.9. The van der Waals surface area contributed by atoms with E-state index in [1.54, 1.807) is 4.90 Å². The number of halogens is 1. The quantitative estimate of drug-likeness (QED) is 0.657. The molecule has 0 saturated heterocycles. The Morgan fingerprint density at radius 3 is 2.64 bits per heavy atom. The van der Waals surface area contributed by atoms with Crippen molar-refractivity contribution in [3.63, 3.8) is 0 Å². The molecule has 0 spiro atoms. The second-order valence-electron chi connectivity index (χ2n) is 7.23. The second kappa shape index (κ2) is 6.75. The largest absolute Gasteiger partial charge is 0.444 e. The minimum absolute atomic E-state index is 0.295. The van der Waals surface area contributed by atoms with Gasteiger partial charge in [-0.05, 0) is 49.2 Å². The van der Waals surface area contributed by atoms with E-state index in [-0.39, 0.29) is 6.09 Å². The molecule has 5 nitrogen and oxygen atoms in total. The lowest BCUT2D eigenvalue weighted by molar-refractivity contribution is 0.0223. The predicted octanol–water partition coefficient (Wildman–Crippen LogP) is 4.51. The number of carbonyl (C=O) groups is 1. The maximum absolute atomic E-state index is 12.5. The van der Waals surface area contributed by atoms with Gasteiger partial charge < -0.3 is 9.64 Å². The van der Waals surface area contributed by atoms with Gasteiger partial charge >= 0.3 is 6.09 Å². The number of nitrogens with zero attached hydrogens (tertiary/aromatic N) is 3. The molecule has 1 aromatic carbocycles. The third-order valence-electron chi connectivity index (χ3n) is 4.08. The molecule has 2 heterocycles. The molecular weight excluding hydrogens is 382 g/mol. The summed E-state index contributed by atoms with van der Waals surface area (Å²) in [5, 5.41) is 0. The molecule has 132 valence electrons. The second-order valence-corrected chi connectivity index (χ2v) is 7.94. The fourth-order valence-electron chi connectivity index (χ4n) is 2.93. The normalized spacial score (nSPS) is 14.2. The van der Waals surface area contributed by atoms with Crippen molar-refractivity contribution in [2.75, 3.05) is 6.54 Å². The minimum Gasteiger partial charge on any atom is -0.444 e. The Morgan fingerprint density at radius 1 is 1.24 bits per heavy atom. The highest BCUT2D eigenvalue weighted by atomic mass is 79.9. The molecule has 0 aliphatic carbocycles. The fourth-order valence-corrected chi connectivity index (χ4v) is 3.32. The summed E-state index contributed by atoms with van der Waals surface area (Å²) in [5.74, 6) is 0. The highest BCUT2D eigenvalue weighted by Crippen LogP contribution is 2.31. The number of aryl methyl sites for hydroxylation is 1. The van der Waals surface area contributed by atoms with E-state index in [4.69, 9.17) is 4.74 Å². The van der Waals surface area contributed by atoms with Crippen LogP contribution in [0.1, 0.15) is 37.6 Å². The first-order valence-electron chi connectivity index (χ1n) is 8.34. The zero-order valence-electron chi connectivity index (χ0n) is 15.0. The van der Waals surface area contributed by atoms with Crippen LogP contribution in [-0.2, 0) is 17.7 Å². The number of rotatable bonds is 1. The molecule has 0 N–H and O–H groups in total. The SMILES string of the molecule is Cc1ccccc1-c1nc(Br)nc2c1CN(C(=O)OC(C)(C)C)CC2. The number of amides is 1. The topological polar surface area (TPSA) is 55.3 Å². The fraction of sp³-hybridized carbons (Fsp3) is 0.421. The van der Waals surface area contributed by atoms with Crippen LogP contribution in [0.3, 0.4) is 0 Å². The van der Waals surface area contributed by atoms with Gasteiger partial charge in [-0.25, -0.2) is 14.8 Å². The molecule has 0 atom stereocenters. The van der Waals surface area contributed by atoms with Gasteiger partial charge in [0.2, 0.25) is 0 Å². The van der Waals surface area contributed by atoms with E-state index in [1.807, 2.05) is 32.9 Å². The zero-order valence-corrected chi connectivity index (χ0v) is 16.6.